The first-order valence-corrected chi connectivity index (χ1v) is 11.6. The molecule has 2 aromatic heterocycles. The number of halogens is 2. The van der Waals surface area contributed by atoms with E-state index in [4.69, 9.17) is 10.7 Å². The molecule has 0 aliphatic carbocycles. The van der Waals surface area contributed by atoms with E-state index < -0.39 is 27.5 Å². The zero-order valence-corrected chi connectivity index (χ0v) is 18.8. The molecule has 0 fully saturated rings. The van der Waals surface area contributed by atoms with Gasteiger partial charge in [-0.3, -0.25) is 0 Å². The molecule has 0 spiro atoms. The van der Waals surface area contributed by atoms with E-state index in [-0.39, 0.29) is 11.9 Å². The molecule has 0 aliphatic rings. The van der Waals surface area contributed by atoms with Gasteiger partial charge in [-0.25, -0.2) is 27.9 Å². The van der Waals surface area contributed by atoms with E-state index in [1.165, 1.54) is 17.4 Å². The number of nitrogens with two attached hydrogens (primary N) is 1. The van der Waals surface area contributed by atoms with Crippen LogP contribution in [0.2, 0.25) is 0 Å². The number of rotatable bonds is 6. The lowest BCUT2D eigenvalue weighted by molar-refractivity contribution is 0.535. The van der Waals surface area contributed by atoms with Crippen LogP contribution in [0.25, 0.3) is 21.8 Å². The first kappa shape index (κ1) is 22.0. The second-order valence-electron chi connectivity index (χ2n) is 7.19. The highest BCUT2D eigenvalue weighted by Gasteiger charge is 2.20. The molecule has 2 aromatic carbocycles. The molecule has 4 rings (SSSR count). The van der Waals surface area contributed by atoms with Crippen LogP contribution in [0.1, 0.15) is 24.8 Å². The molecule has 2 heterocycles. The Hall–Kier alpha value is -3.24. The van der Waals surface area contributed by atoms with Gasteiger partial charge in [-0.15, -0.1) is 11.3 Å². The summed E-state index contributed by atoms with van der Waals surface area (Å²) in [6, 6.07) is 12.1. The Bertz CT molecular complexity index is 1290. The predicted molar refractivity (Wildman–Crippen MR) is 123 cm³/mol. The van der Waals surface area contributed by atoms with Crippen LogP contribution in [0.15, 0.2) is 59.6 Å². The summed E-state index contributed by atoms with van der Waals surface area (Å²) in [6.07, 6.45) is 1.58. The fourth-order valence-corrected chi connectivity index (χ4v) is 4.99. The summed E-state index contributed by atoms with van der Waals surface area (Å²) >= 11 is 1.51. The van der Waals surface area contributed by atoms with Gasteiger partial charge in [0.1, 0.15) is 16.5 Å². The van der Waals surface area contributed by atoms with E-state index in [2.05, 4.69) is 14.7 Å². The van der Waals surface area contributed by atoms with Gasteiger partial charge in [0.25, 0.3) is 0 Å². The number of thiazole rings is 1. The Morgan fingerprint density at radius 3 is 2.47 bits per heavy atom. The van der Waals surface area contributed by atoms with Gasteiger partial charge in [0.2, 0.25) is 5.95 Å². The minimum atomic E-state index is -2.12. The number of hydrogen-bond acceptors (Lipinski definition) is 6. The number of nitrogens with zero attached hydrogens (tertiary/aromatic N) is 3. The number of nitrogens with one attached hydrogen (secondary N) is 1. The number of hydrogen-bond donors (Lipinski definition) is 2. The summed E-state index contributed by atoms with van der Waals surface area (Å²) in [6.45, 7) is 4.09. The Kier molecular flexibility index (Phi) is 6.24. The molecule has 32 heavy (non-hydrogen) atoms. The van der Waals surface area contributed by atoms with E-state index in [0.29, 0.717) is 17.1 Å². The molecule has 1 unspecified atom stereocenters. The lowest BCUT2D eigenvalue weighted by Gasteiger charge is -2.09. The molecule has 0 aliphatic heterocycles. The fourth-order valence-electron chi connectivity index (χ4n) is 3.00. The van der Waals surface area contributed by atoms with Crippen LogP contribution in [0.3, 0.4) is 0 Å². The largest absolute Gasteiger partial charge is 0.368 e. The number of benzene rings is 2. The average molecular weight is 472 g/mol. The van der Waals surface area contributed by atoms with Crippen molar-refractivity contribution in [1.29, 1.82) is 0 Å². The van der Waals surface area contributed by atoms with Crippen molar-refractivity contribution in [2.24, 2.45) is 0 Å². The zero-order valence-electron chi connectivity index (χ0n) is 17.2. The van der Waals surface area contributed by atoms with Gasteiger partial charge in [-0.05, 0) is 30.3 Å². The SMILES string of the molecule is CC(C)c1nc(-c2cccc(NS(=O)c3c(F)cccc3F)c2)c(-c2ccnc(N)n2)s1. The molecular weight excluding hydrogens is 452 g/mol. The monoisotopic (exact) mass is 471 g/mol. The molecule has 164 valence electrons. The van der Waals surface area contributed by atoms with Crippen molar-refractivity contribution in [3.8, 4) is 21.8 Å². The quantitative estimate of drug-likeness (QED) is 0.393. The molecule has 0 bridgehead atoms. The van der Waals surface area contributed by atoms with Crippen molar-refractivity contribution in [1.82, 2.24) is 15.0 Å². The molecule has 1 atom stereocenters. The van der Waals surface area contributed by atoms with Crippen LogP contribution in [0.4, 0.5) is 20.4 Å². The zero-order chi connectivity index (χ0) is 22.8. The van der Waals surface area contributed by atoms with Crippen molar-refractivity contribution in [2.75, 3.05) is 10.5 Å². The molecule has 0 saturated carbocycles. The van der Waals surface area contributed by atoms with E-state index in [1.807, 2.05) is 19.9 Å². The highest BCUT2D eigenvalue weighted by molar-refractivity contribution is 7.86. The van der Waals surface area contributed by atoms with Crippen LogP contribution in [-0.2, 0) is 11.0 Å². The van der Waals surface area contributed by atoms with Crippen molar-refractivity contribution >= 4 is 34.0 Å². The van der Waals surface area contributed by atoms with Gasteiger partial charge in [0, 0.05) is 23.4 Å². The third-order valence-corrected chi connectivity index (χ3v) is 7.06. The topological polar surface area (TPSA) is 93.8 Å². The Balaban J connectivity index is 1.73. The Labute approximate surface area is 190 Å². The van der Waals surface area contributed by atoms with Gasteiger partial charge in [-0.2, -0.15) is 0 Å². The van der Waals surface area contributed by atoms with Gasteiger partial charge in [-0.1, -0.05) is 32.0 Å². The summed E-state index contributed by atoms with van der Waals surface area (Å²) < 4.78 is 43.3. The van der Waals surface area contributed by atoms with Gasteiger partial charge < -0.3 is 10.5 Å². The molecule has 4 aromatic rings. The highest BCUT2D eigenvalue weighted by Crippen LogP contribution is 2.39. The van der Waals surface area contributed by atoms with E-state index in [0.717, 1.165) is 27.6 Å². The molecule has 10 heteroatoms. The normalized spacial score (nSPS) is 12.2. The van der Waals surface area contributed by atoms with Crippen molar-refractivity contribution < 1.29 is 13.0 Å². The maximum atomic E-state index is 14.0. The van der Waals surface area contributed by atoms with Gasteiger partial charge >= 0.3 is 0 Å². The van der Waals surface area contributed by atoms with Crippen LogP contribution < -0.4 is 10.5 Å². The maximum Gasteiger partial charge on any atom is 0.220 e. The maximum absolute atomic E-state index is 14.0. The first-order valence-electron chi connectivity index (χ1n) is 9.66. The smallest absolute Gasteiger partial charge is 0.220 e. The van der Waals surface area contributed by atoms with E-state index in [1.54, 1.807) is 30.5 Å². The number of aromatic nitrogens is 3. The molecule has 6 nitrogen and oxygen atoms in total. The summed E-state index contributed by atoms with van der Waals surface area (Å²) in [7, 11) is -2.12. The summed E-state index contributed by atoms with van der Waals surface area (Å²) in [5.41, 5.74) is 8.26. The predicted octanol–water partition coefficient (Wildman–Crippen LogP) is 5.39. The van der Waals surface area contributed by atoms with Crippen LogP contribution >= 0.6 is 11.3 Å². The van der Waals surface area contributed by atoms with E-state index in [9.17, 15) is 13.0 Å². The number of nitrogen functional groups attached to an aromatic ring is 1. The molecule has 3 N–H and O–H groups in total. The highest BCUT2D eigenvalue weighted by atomic mass is 32.2. The van der Waals surface area contributed by atoms with Crippen molar-refractivity contribution in [3.05, 3.63) is 71.4 Å². The van der Waals surface area contributed by atoms with Crippen LogP contribution in [0.5, 0.6) is 0 Å². The van der Waals surface area contributed by atoms with Crippen LogP contribution in [-0.4, -0.2) is 19.2 Å². The summed E-state index contributed by atoms with van der Waals surface area (Å²) in [5, 5.41) is 0.919. The molecular formula is C22H19F2N5OS2. The molecule has 0 saturated heterocycles. The third kappa shape index (κ3) is 4.51. The Morgan fingerprint density at radius 1 is 1.06 bits per heavy atom. The standard InChI is InChI=1S/C22H19F2N5OS2/c1-12(2)21-28-18(19(31-21)17-9-10-26-22(25)27-17)13-5-3-6-14(11-13)29-32(30)20-15(23)7-4-8-16(20)24/h3-12,29H,1-2H3,(H2,25,26,27). The lowest BCUT2D eigenvalue weighted by Crippen LogP contribution is -2.09. The van der Waals surface area contributed by atoms with Crippen LogP contribution in [0, 0.1) is 11.6 Å². The average Bonchev–Trinajstić information content (AvgIpc) is 3.20. The third-order valence-electron chi connectivity index (χ3n) is 4.50. The van der Waals surface area contributed by atoms with Crippen molar-refractivity contribution in [2.45, 2.75) is 24.7 Å². The molecule has 0 radical (unpaired) electrons. The lowest BCUT2D eigenvalue weighted by atomic mass is 10.1. The second-order valence-corrected chi connectivity index (χ2v) is 9.37. The molecule has 0 amide bonds. The number of anilines is 2. The fraction of sp³-hybridized carbons (Fsp3) is 0.136. The first-order chi connectivity index (χ1) is 15.3. The Morgan fingerprint density at radius 2 is 1.78 bits per heavy atom. The minimum Gasteiger partial charge on any atom is -0.368 e. The van der Waals surface area contributed by atoms with E-state index >= 15 is 0 Å². The van der Waals surface area contributed by atoms with Crippen molar-refractivity contribution in [3.63, 3.8) is 0 Å². The minimum absolute atomic E-state index is 0.158. The van der Waals surface area contributed by atoms with Gasteiger partial charge in [0.15, 0.2) is 11.0 Å². The summed E-state index contributed by atoms with van der Waals surface area (Å²) in [5.74, 6) is -1.40. The second kappa shape index (κ2) is 9.09. The summed E-state index contributed by atoms with van der Waals surface area (Å²) in [4.78, 5) is 13.4. The van der Waals surface area contributed by atoms with Gasteiger partial charge in [0.05, 0.1) is 21.3 Å².